The number of nitrogens with zero attached hydrogens (tertiary/aromatic N) is 2. The van der Waals surface area contributed by atoms with Crippen molar-refractivity contribution < 1.29 is 29.0 Å². The molecule has 138 valence electrons. The van der Waals surface area contributed by atoms with Gasteiger partial charge in [-0.2, -0.15) is 0 Å². The molecule has 1 aliphatic heterocycles. The number of likely N-dealkylation sites (N-methyl/N-ethyl adjacent to an activating group) is 1. The smallest absolute Gasteiger partial charge is 0.306 e. The first kappa shape index (κ1) is 20.4. The Hall–Kier alpha value is -1.67. The maximum absolute atomic E-state index is 12.2. The Bertz CT molecular complexity index is 434. The number of aliphatic carboxylic acids is 1. The zero-order valence-corrected chi connectivity index (χ0v) is 14.7. The number of rotatable bonds is 9. The van der Waals surface area contributed by atoms with Crippen molar-refractivity contribution in [3.63, 3.8) is 0 Å². The molecule has 1 saturated heterocycles. The summed E-state index contributed by atoms with van der Waals surface area (Å²) >= 11 is 0. The van der Waals surface area contributed by atoms with Gasteiger partial charge < -0.3 is 24.4 Å². The molecule has 2 amide bonds. The maximum atomic E-state index is 12.2. The number of hydrogen-bond acceptors (Lipinski definition) is 5. The summed E-state index contributed by atoms with van der Waals surface area (Å²) in [5.41, 5.74) is 0. The second-order valence-corrected chi connectivity index (χ2v) is 5.90. The maximum Gasteiger partial charge on any atom is 0.306 e. The molecule has 1 heterocycles. The summed E-state index contributed by atoms with van der Waals surface area (Å²) in [6, 6.07) is 0. The highest BCUT2D eigenvalue weighted by Gasteiger charge is 2.28. The van der Waals surface area contributed by atoms with Crippen LogP contribution in [0.3, 0.4) is 0 Å². The Morgan fingerprint density at radius 3 is 2.42 bits per heavy atom. The van der Waals surface area contributed by atoms with Crippen molar-refractivity contribution in [2.24, 2.45) is 5.92 Å². The average Bonchev–Trinajstić information content (AvgIpc) is 2.57. The topological polar surface area (TPSA) is 96.4 Å². The number of carboxylic acid groups (broad SMARTS) is 1. The molecule has 0 aliphatic carbocycles. The zero-order chi connectivity index (χ0) is 18.1. The molecule has 8 nitrogen and oxygen atoms in total. The highest BCUT2D eigenvalue weighted by atomic mass is 16.5. The summed E-state index contributed by atoms with van der Waals surface area (Å²) in [5, 5.41) is 8.97. The van der Waals surface area contributed by atoms with E-state index in [-0.39, 0.29) is 24.3 Å². The van der Waals surface area contributed by atoms with E-state index in [0.29, 0.717) is 45.8 Å². The molecule has 0 spiro atoms. The Balaban J connectivity index is 2.35. The van der Waals surface area contributed by atoms with Gasteiger partial charge in [0.05, 0.1) is 25.7 Å². The molecule has 0 bridgehead atoms. The van der Waals surface area contributed by atoms with E-state index in [1.807, 2.05) is 6.92 Å². The summed E-state index contributed by atoms with van der Waals surface area (Å²) in [6.07, 6.45) is 0.270. The fourth-order valence-corrected chi connectivity index (χ4v) is 2.57. The first-order valence-electron chi connectivity index (χ1n) is 8.31. The molecule has 1 atom stereocenters. The molecular formula is C16H28N2O6. The van der Waals surface area contributed by atoms with Gasteiger partial charge in [0.1, 0.15) is 6.10 Å². The number of hydrogen-bond donors (Lipinski definition) is 1. The normalized spacial score (nSPS) is 16.7. The number of likely N-dealkylation sites (tertiary alicyclic amines) is 1. The summed E-state index contributed by atoms with van der Waals surface area (Å²) in [7, 11) is 1.56. The van der Waals surface area contributed by atoms with Crippen LogP contribution in [-0.2, 0) is 23.9 Å². The molecule has 1 aliphatic rings. The zero-order valence-electron chi connectivity index (χ0n) is 14.7. The first-order chi connectivity index (χ1) is 11.4. The third-order valence-electron chi connectivity index (χ3n) is 4.09. The van der Waals surface area contributed by atoms with Crippen LogP contribution in [-0.4, -0.2) is 85.3 Å². The quantitative estimate of drug-likeness (QED) is 0.601. The third-order valence-corrected chi connectivity index (χ3v) is 4.09. The van der Waals surface area contributed by atoms with Crippen molar-refractivity contribution in [1.82, 2.24) is 9.80 Å². The lowest BCUT2D eigenvalue weighted by molar-refractivity contribution is -0.149. The first-order valence-corrected chi connectivity index (χ1v) is 8.31. The molecule has 8 heteroatoms. The minimum absolute atomic E-state index is 0.0320. The number of amides is 2. The van der Waals surface area contributed by atoms with Crippen LogP contribution in [0.15, 0.2) is 0 Å². The predicted octanol–water partition coefficient (Wildman–Crippen LogP) is 0.210. The van der Waals surface area contributed by atoms with Gasteiger partial charge in [-0.05, 0) is 26.7 Å². The third kappa shape index (κ3) is 6.45. The van der Waals surface area contributed by atoms with Crippen LogP contribution in [0.1, 0.15) is 26.7 Å². The molecule has 24 heavy (non-hydrogen) atoms. The Labute approximate surface area is 142 Å². The highest BCUT2D eigenvalue weighted by molar-refractivity contribution is 5.86. The van der Waals surface area contributed by atoms with Gasteiger partial charge in [0.15, 0.2) is 0 Å². The molecule has 1 rings (SSSR count). The minimum Gasteiger partial charge on any atom is -0.481 e. The fraction of sp³-hybridized carbons (Fsp3) is 0.812. The van der Waals surface area contributed by atoms with Crippen LogP contribution in [0, 0.1) is 5.92 Å². The van der Waals surface area contributed by atoms with E-state index >= 15 is 0 Å². The lowest BCUT2D eigenvalue weighted by Crippen LogP contribution is -2.47. The molecule has 1 unspecified atom stereocenters. The van der Waals surface area contributed by atoms with Crippen LogP contribution in [0.4, 0.5) is 0 Å². The van der Waals surface area contributed by atoms with Gasteiger partial charge in [-0.25, -0.2) is 0 Å². The Morgan fingerprint density at radius 1 is 1.25 bits per heavy atom. The number of carbonyl (C=O) groups is 3. The van der Waals surface area contributed by atoms with Crippen molar-refractivity contribution in [2.45, 2.75) is 32.8 Å². The van der Waals surface area contributed by atoms with Crippen molar-refractivity contribution >= 4 is 17.8 Å². The van der Waals surface area contributed by atoms with Gasteiger partial charge in [-0.3, -0.25) is 14.4 Å². The van der Waals surface area contributed by atoms with Crippen molar-refractivity contribution in [3.8, 4) is 0 Å². The number of carboxylic acids is 1. The van der Waals surface area contributed by atoms with E-state index in [0.717, 1.165) is 0 Å². The molecule has 0 aromatic heterocycles. The summed E-state index contributed by atoms with van der Waals surface area (Å²) in [4.78, 5) is 38.3. The molecule has 0 saturated carbocycles. The molecule has 1 N–H and O–H groups in total. The molecule has 1 fully saturated rings. The van der Waals surface area contributed by atoms with Gasteiger partial charge in [0.25, 0.3) is 5.91 Å². The van der Waals surface area contributed by atoms with Crippen molar-refractivity contribution in [1.29, 1.82) is 0 Å². The van der Waals surface area contributed by atoms with Crippen molar-refractivity contribution in [3.05, 3.63) is 0 Å². The van der Waals surface area contributed by atoms with Gasteiger partial charge in [0, 0.05) is 26.7 Å². The Morgan fingerprint density at radius 2 is 1.88 bits per heavy atom. The molecule has 0 aromatic rings. The summed E-state index contributed by atoms with van der Waals surface area (Å²) in [6.45, 7) is 5.67. The molecular weight excluding hydrogens is 316 g/mol. The predicted molar refractivity (Wildman–Crippen MR) is 86.5 cm³/mol. The van der Waals surface area contributed by atoms with E-state index in [1.165, 1.54) is 4.90 Å². The number of carbonyl (C=O) groups excluding carboxylic acids is 2. The second kappa shape index (κ2) is 10.2. The van der Waals surface area contributed by atoms with Gasteiger partial charge >= 0.3 is 5.97 Å². The summed E-state index contributed by atoms with van der Waals surface area (Å²) in [5.74, 6) is -1.63. The lowest BCUT2D eigenvalue weighted by Gasteiger charge is -2.31. The number of ether oxygens (including phenoxy) is 2. The van der Waals surface area contributed by atoms with Crippen LogP contribution in [0.2, 0.25) is 0 Å². The van der Waals surface area contributed by atoms with Crippen LogP contribution in [0.5, 0.6) is 0 Å². The van der Waals surface area contributed by atoms with Crippen LogP contribution >= 0.6 is 0 Å². The Kier molecular flexibility index (Phi) is 8.70. The van der Waals surface area contributed by atoms with Crippen LogP contribution < -0.4 is 0 Å². The van der Waals surface area contributed by atoms with E-state index < -0.39 is 12.1 Å². The average molecular weight is 344 g/mol. The molecule has 0 radical (unpaired) electrons. The molecule has 0 aromatic carbocycles. The van der Waals surface area contributed by atoms with Gasteiger partial charge in [-0.1, -0.05) is 0 Å². The summed E-state index contributed by atoms with van der Waals surface area (Å²) < 4.78 is 10.5. The second-order valence-electron chi connectivity index (χ2n) is 5.90. The lowest BCUT2D eigenvalue weighted by atomic mass is 9.97. The highest BCUT2D eigenvalue weighted by Crippen LogP contribution is 2.17. The van der Waals surface area contributed by atoms with E-state index in [1.54, 1.807) is 18.9 Å². The minimum atomic E-state index is -0.813. The van der Waals surface area contributed by atoms with Gasteiger partial charge in [-0.15, -0.1) is 0 Å². The van der Waals surface area contributed by atoms with E-state index in [2.05, 4.69) is 0 Å². The SMILES string of the molecule is CCOCCOC(C)C(=O)N(C)CC(=O)N1CCC(C(=O)O)CC1. The fourth-order valence-electron chi connectivity index (χ4n) is 2.57. The number of piperidine rings is 1. The standard InChI is InChI=1S/C16H28N2O6/c1-4-23-9-10-24-12(2)15(20)17(3)11-14(19)18-7-5-13(6-8-18)16(21)22/h12-13H,4-11H2,1-3H3,(H,21,22). The van der Waals surface area contributed by atoms with Crippen molar-refractivity contribution in [2.75, 3.05) is 46.5 Å². The van der Waals surface area contributed by atoms with E-state index in [4.69, 9.17) is 14.6 Å². The monoisotopic (exact) mass is 344 g/mol. The van der Waals surface area contributed by atoms with E-state index in [9.17, 15) is 14.4 Å². The largest absolute Gasteiger partial charge is 0.481 e. The van der Waals surface area contributed by atoms with Crippen LogP contribution in [0.25, 0.3) is 0 Å². The van der Waals surface area contributed by atoms with Gasteiger partial charge in [0.2, 0.25) is 5.91 Å².